The molecule has 27 heavy (non-hydrogen) atoms. The van der Waals surface area contributed by atoms with Crippen LogP contribution in [0.5, 0.6) is 0 Å². The second-order valence-corrected chi connectivity index (χ2v) is 7.65. The van der Waals surface area contributed by atoms with E-state index in [-0.39, 0.29) is 12.0 Å². The number of carbonyl (C=O) groups is 1. The minimum absolute atomic E-state index is 0.0585. The zero-order chi connectivity index (χ0) is 18.6. The summed E-state index contributed by atoms with van der Waals surface area (Å²) in [4.78, 5) is 14.8. The first-order valence-electron chi connectivity index (χ1n) is 10.1. The van der Waals surface area contributed by atoms with Gasteiger partial charge in [-0.05, 0) is 44.1 Å². The minimum Gasteiger partial charge on any atom is -0.379 e. The number of nitriles is 1. The standard InChI is InChI=1S/C20H28N4O3/c21-12-17-16-5-1-2-6-18(16)24(13-15-4-3-9-27-15)20(17)22-19(25)14-23-7-10-26-11-8-23/h15H,1-11,13-14H2,(H,22,25)/t15-/m1/s1. The minimum atomic E-state index is -0.0585. The maximum atomic E-state index is 12.7. The number of ether oxygens (including phenoxy) is 2. The highest BCUT2D eigenvalue weighted by Gasteiger charge is 2.28. The Morgan fingerprint density at radius 2 is 2.00 bits per heavy atom. The van der Waals surface area contributed by atoms with E-state index in [4.69, 9.17) is 9.47 Å². The Bertz CT molecular complexity index is 725. The predicted octanol–water partition coefficient (Wildman–Crippen LogP) is 1.69. The molecule has 7 heteroatoms. The molecular formula is C20H28N4O3. The number of carbonyl (C=O) groups excluding carboxylic acids is 1. The summed E-state index contributed by atoms with van der Waals surface area (Å²) in [5.74, 6) is 0.620. The van der Waals surface area contributed by atoms with Gasteiger partial charge in [-0.1, -0.05) is 0 Å². The summed E-state index contributed by atoms with van der Waals surface area (Å²) in [5.41, 5.74) is 3.00. The van der Waals surface area contributed by atoms with Crippen LogP contribution < -0.4 is 5.32 Å². The number of hydrogen-bond donors (Lipinski definition) is 1. The van der Waals surface area contributed by atoms with E-state index in [9.17, 15) is 10.1 Å². The third kappa shape index (κ3) is 4.03. The first-order chi connectivity index (χ1) is 13.3. The van der Waals surface area contributed by atoms with E-state index in [0.29, 0.717) is 31.1 Å². The molecule has 0 spiro atoms. The largest absolute Gasteiger partial charge is 0.379 e. The molecule has 2 aliphatic heterocycles. The Morgan fingerprint density at radius 3 is 2.74 bits per heavy atom. The van der Waals surface area contributed by atoms with E-state index in [1.807, 2.05) is 0 Å². The number of nitrogens with one attached hydrogen (secondary N) is 1. The molecule has 146 valence electrons. The zero-order valence-electron chi connectivity index (χ0n) is 15.8. The molecule has 3 heterocycles. The third-order valence-corrected chi connectivity index (χ3v) is 5.82. The first kappa shape index (κ1) is 18.5. The van der Waals surface area contributed by atoms with Gasteiger partial charge in [-0.2, -0.15) is 5.26 Å². The van der Waals surface area contributed by atoms with Crippen molar-refractivity contribution >= 4 is 11.7 Å². The third-order valence-electron chi connectivity index (χ3n) is 5.82. The molecule has 0 saturated carbocycles. The second-order valence-electron chi connectivity index (χ2n) is 7.65. The quantitative estimate of drug-likeness (QED) is 0.851. The average Bonchev–Trinajstić information content (AvgIpc) is 3.30. The molecule has 4 rings (SSSR count). The topological polar surface area (TPSA) is 79.5 Å². The van der Waals surface area contributed by atoms with Crippen molar-refractivity contribution in [3.05, 3.63) is 16.8 Å². The van der Waals surface area contributed by atoms with Gasteiger partial charge in [0.1, 0.15) is 11.9 Å². The summed E-state index contributed by atoms with van der Waals surface area (Å²) in [6, 6.07) is 2.37. The summed E-state index contributed by atoms with van der Waals surface area (Å²) < 4.78 is 13.4. The average molecular weight is 372 g/mol. The fourth-order valence-electron chi connectivity index (χ4n) is 4.45. The maximum Gasteiger partial charge on any atom is 0.239 e. The zero-order valence-corrected chi connectivity index (χ0v) is 15.8. The summed E-state index contributed by atoms with van der Waals surface area (Å²) in [6.07, 6.45) is 6.42. The molecule has 2 saturated heterocycles. The highest BCUT2D eigenvalue weighted by Crippen LogP contribution is 2.34. The normalized spacial score (nSPS) is 23.0. The van der Waals surface area contributed by atoms with Crippen LogP contribution in [0.1, 0.15) is 42.5 Å². The van der Waals surface area contributed by atoms with Gasteiger partial charge in [-0.25, -0.2) is 0 Å². The van der Waals surface area contributed by atoms with Crippen LogP contribution >= 0.6 is 0 Å². The monoisotopic (exact) mass is 372 g/mol. The lowest BCUT2D eigenvalue weighted by molar-refractivity contribution is -0.118. The van der Waals surface area contributed by atoms with Crippen molar-refractivity contribution in [2.45, 2.75) is 51.2 Å². The highest BCUT2D eigenvalue weighted by atomic mass is 16.5. The van der Waals surface area contributed by atoms with Crippen LogP contribution in [0.4, 0.5) is 5.82 Å². The van der Waals surface area contributed by atoms with Crippen molar-refractivity contribution in [1.29, 1.82) is 5.26 Å². The Labute approximate surface area is 160 Å². The van der Waals surface area contributed by atoms with Crippen LogP contribution in [-0.4, -0.2) is 60.9 Å². The Morgan fingerprint density at radius 1 is 1.19 bits per heavy atom. The summed E-state index contributed by atoms with van der Waals surface area (Å²) >= 11 is 0. The molecule has 1 amide bonds. The summed E-state index contributed by atoms with van der Waals surface area (Å²) in [5, 5.41) is 12.9. The second kappa shape index (κ2) is 8.42. The number of fused-ring (bicyclic) bond motifs is 1. The number of amides is 1. The van der Waals surface area contributed by atoms with Crippen LogP contribution in [0, 0.1) is 11.3 Å². The van der Waals surface area contributed by atoms with Crippen molar-refractivity contribution in [2.24, 2.45) is 0 Å². The number of hydrogen-bond acceptors (Lipinski definition) is 5. The van der Waals surface area contributed by atoms with Gasteiger partial charge >= 0.3 is 0 Å². The molecule has 0 radical (unpaired) electrons. The van der Waals surface area contributed by atoms with E-state index in [1.54, 1.807) is 0 Å². The predicted molar refractivity (Wildman–Crippen MR) is 101 cm³/mol. The fraction of sp³-hybridized carbons (Fsp3) is 0.700. The molecule has 1 aromatic rings. The van der Waals surface area contributed by atoms with Gasteiger partial charge in [-0.15, -0.1) is 0 Å². The van der Waals surface area contributed by atoms with E-state index in [1.165, 1.54) is 5.69 Å². The van der Waals surface area contributed by atoms with E-state index in [2.05, 4.69) is 20.9 Å². The number of aromatic nitrogens is 1. The SMILES string of the molecule is N#Cc1c2c(n(C[C@H]3CCCO3)c1NC(=O)CN1CCOCC1)CCCC2. The molecule has 1 aromatic heterocycles. The van der Waals surface area contributed by atoms with Crippen LogP contribution in [0.15, 0.2) is 0 Å². The molecule has 0 bridgehead atoms. The van der Waals surface area contributed by atoms with E-state index < -0.39 is 0 Å². The Hall–Kier alpha value is -1.88. The molecule has 0 unspecified atom stereocenters. The van der Waals surface area contributed by atoms with Crippen LogP contribution in [-0.2, 0) is 33.7 Å². The van der Waals surface area contributed by atoms with E-state index >= 15 is 0 Å². The summed E-state index contributed by atoms with van der Waals surface area (Å²) in [7, 11) is 0. The highest BCUT2D eigenvalue weighted by molar-refractivity contribution is 5.93. The van der Waals surface area contributed by atoms with Gasteiger partial charge in [0.25, 0.3) is 0 Å². The Kier molecular flexibility index (Phi) is 5.77. The first-order valence-corrected chi connectivity index (χ1v) is 10.1. The van der Waals surface area contributed by atoms with Gasteiger partial charge in [0, 0.05) is 25.4 Å². The molecule has 3 aliphatic rings. The molecule has 2 fully saturated rings. The lowest BCUT2D eigenvalue weighted by atomic mass is 9.95. The van der Waals surface area contributed by atoms with Gasteiger partial charge < -0.3 is 19.4 Å². The van der Waals surface area contributed by atoms with Gasteiger partial charge in [-0.3, -0.25) is 9.69 Å². The van der Waals surface area contributed by atoms with Gasteiger partial charge in [0.2, 0.25) is 5.91 Å². The maximum absolute atomic E-state index is 12.7. The van der Waals surface area contributed by atoms with Crippen LogP contribution in [0.2, 0.25) is 0 Å². The fourth-order valence-corrected chi connectivity index (χ4v) is 4.45. The molecule has 1 N–H and O–H groups in total. The molecule has 1 atom stereocenters. The molecule has 0 aromatic carbocycles. The number of nitrogens with zero attached hydrogens (tertiary/aromatic N) is 3. The van der Waals surface area contributed by atoms with Crippen molar-refractivity contribution in [3.8, 4) is 6.07 Å². The van der Waals surface area contributed by atoms with E-state index in [0.717, 1.165) is 70.3 Å². The smallest absolute Gasteiger partial charge is 0.239 e. The number of anilines is 1. The summed E-state index contributed by atoms with van der Waals surface area (Å²) in [6.45, 7) is 4.73. The molecule has 1 aliphatic carbocycles. The van der Waals surface area contributed by atoms with Crippen molar-refractivity contribution in [2.75, 3.05) is 44.8 Å². The lowest BCUT2D eigenvalue weighted by Gasteiger charge is -2.26. The van der Waals surface area contributed by atoms with Crippen molar-refractivity contribution in [3.63, 3.8) is 0 Å². The molecule has 7 nitrogen and oxygen atoms in total. The van der Waals surface area contributed by atoms with Crippen molar-refractivity contribution in [1.82, 2.24) is 9.47 Å². The Balaban J connectivity index is 1.58. The molecular weight excluding hydrogens is 344 g/mol. The lowest BCUT2D eigenvalue weighted by Crippen LogP contribution is -2.41. The number of rotatable bonds is 5. The van der Waals surface area contributed by atoms with Gasteiger partial charge in [0.15, 0.2) is 0 Å². The van der Waals surface area contributed by atoms with Gasteiger partial charge in [0.05, 0.1) is 38.0 Å². The number of morpholine rings is 1. The van der Waals surface area contributed by atoms with Crippen molar-refractivity contribution < 1.29 is 14.3 Å². The van der Waals surface area contributed by atoms with Crippen LogP contribution in [0.25, 0.3) is 0 Å². The van der Waals surface area contributed by atoms with Crippen LogP contribution in [0.3, 0.4) is 0 Å².